The van der Waals surface area contributed by atoms with Gasteiger partial charge in [-0.2, -0.15) is 0 Å². The number of benzene rings is 4. The minimum atomic E-state index is 0.112. The predicted molar refractivity (Wildman–Crippen MR) is 202 cm³/mol. The van der Waals surface area contributed by atoms with Gasteiger partial charge in [-0.05, 0) is 129 Å². The Hall–Kier alpha value is -6.92. The lowest BCUT2D eigenvalue weighted by Gasteiger charge is -2.14. The molecule has 242 valence electrons. The van der Waals surface area contributed by atoms with Crippen molar-refractivity contribution in [1.29, 1.82) is 0 Å². The molecule has 4 aromatic carbocycles. The fourth-order valence-electron chi connectivity index (χ4n) is 6.64. The van der Waals surface area contributed by atoms with Crippen LogP contribution in [-0.4, -0.2) is 26.7 Å². The molecular weight excluding hydrogens is 629 g/mol. The van der Waals surface area contributed by atoms with Gasteiger partial charge in [-0.15, -0.1) is 0 Å². The Kier molecular flexibility index (Phi) is 7.79. The number of hydrogen-bond acceptors (Lipinski definition) is 6. The maximum absolute atomic E-state index is 6.27. The van der Waals surface area contributed by atoms with Gasteiger partial charge in [0.15, 0.2) is 0 Å². The zero-order valence-electron chi connectivity index (χ0n) is 27.5. The largest absolute Gasteiger partial charge is 0.457 e. The zero-order chi connectivity index (χ0) is 34.0. The van der Waals surface area contributed by atoms with Gasteiger partial charge in [-0.3, -0.25) is 19.9 Å². The molecule has 0 amide bonds. The van der Waals surface area contributed by atoms with E-state index in [1.54, 1.807) is 24.8 Å². The summed E-state index contributed by atoms with van der Waals surface area (Å²) < 4.78 is 12.4. The van der Waals surface area contributed by atoms with Crippen molar-refractivity contribution < 1.29 is 9.47 Å². The van der Waals surface area contributed by atoms with Gasteiger partial charge >= 0.3 is 0 Å². The van der Waals surface area contributed by atoms with Gasteiger partial charge in [0.1, 0.15) is 11.5 Å². The SMILES string of the molecule is c1cncc(-c2cc(-c3cccnc3)cc(-c3ccc4c(c3)OCOc3ccc(-c5cc(-c6cccnc6)cc(-c6cccnc6)c5)cc3-4)c2)c1. The Morgan fingerprint density at radius 1 is 0.314 bits per heavy atom. The third-order valence-corrected chi connectivity index (χ3v) is 9.19. The first-order valence-electron chi connectivity index (χ1n) is 16.7. The molecule has 9 rings (SSSR count). The Morgan fingerprint density at radius 3 is 1.14 bits per heavy atom. The number of fused-ring (bicyclic) bond motifs is 3. The Balaban J connectivity index is 1.14. The lowest BCUT2D eigenvalue weighted by Crippen LogP contribution is -2.03. The second-order valence-corrected chi connectivity index (χ2v) is 12.4. The summed E-state index contributed by atoms with van der Waals surface area (Å²) in [5, 5.41) is 0. The highest BCUT2D eigenvalue weighted by molar-refractivity contribution is 5.88. The third kappa shape index (κ3) is 6.11. The van der Waals surface area contributed by atoms with E-state index in [1.807, 2.05) is 55.1 Å². The van der Waals surface area contributed by atoms with Gasteiger partial charge in [-0.1, -0.05) is 36.4 Å². The fraction of sp³-hybridized carbons (Fsp3) is 0.0222. The van der Waals surface area contributed by atoms with Crippen LogP contribution in [0.4, 0.5) is 0 Å². The van der Waals surface area contributed by atoms with E-state index in [0.29, 0.717) is 0 Å². The van der Waals surface area contributed by atoms with Crippen molar-refractivity contribution in [3.05, 3.63) is 171 Å². The average Bonchev–Trinajstić information content (AvgIpc) is 3.40. The number of ether oxygens (including phenoxy) is 2. The first-order valence-corrected chi connectivity index (χ1v) is 16.7. The molecule has 1 aliphatic rings. The summed E-state index contributed by atoms with van der Waals surface area (Å²) in [5.74, 6) is 1.54. The molecule has 0 N–H and O–H groups in total. The molecule has 0 saturated heterocycles. The van der Waals surface area contributed by atoms with Crippen LogP contribution in [0.15, 0.2) is 171 Å². The molecular formula is C45H30N4O2. The molecule has 6 nitrogen and oxygen atoms in total. The Labute approximate surface area is 295 Å². The van der Waals surface area contributed by atoms with Crippen LogP contribution in [0.1, 0.15) is 0 Å². The molecule has 0 saturated carbocycles. The number of hydrogen-bond donors (Lipinski definition) is 0. The van der Waals surface area contributed by atoms with E-state index in [9.17, 15) is 0 Å². The van der Waals surface area contributed by atoms with E-state index in [-0.39, 0.29) is 6.79 Å². The molecule has 0 atom stereocenters. The van der Waals surface area contributed by atoms with Gasteiger partial charge in [0.05, 0.1) is 0 Å². The maximum Gasteiger partial charge on any atom is 0.230 e. The van der Waals surface area contributed by atoms with Crippen LogP contribution in [0.3, 0.4) is 0 Å². The van der Waals surface area contributed by atoms with E-state index in [2.05, 4.69) is 111 Å². The van der Waals surface area contributed by atoms with Gasteiger partial charge in [-0.25, -0.2) is 0 Å². The number of pyridine rings is 4. The summed E-state index contributed by atoms with van der Waals surface area (Å²) in [6.45, 7) is 0.112. The van der Waals surface area contributed by atoms with E-state index in [1.165, 1.54) is 0 Å². The molecule has 4 aromatic heterocycles. The molecule has 5 heterocycles. The molecule has 0 unspecified atom stereocenters. The van der Waals surface area contributed by atoms with Crippen LogP contribution in [0.2, 0.25) is 0 Å². The van der Waals surface area contributed by atoms with Crippen molar-refractivity contribution in [2.45, 2.75) is 0 Å². The Morgan fingerprint density at radius 2 is 0.706 bits per heavy atom. The monoisotopic (exact) mass is 658 g/mol. The van der Waals surface area contributed by atoms with Gasteiger partial charge in [0.25, 0.3) is 0 Å². The molecule has 0 bridgehead atoms. The van der Waals surface area contributed by atoms with E-state index < -0.39 is 0 Å². The lowest BCUT2D eigenvalue weighted by atomic mass is 9.91. The third-order valence-electron chi connectivity index (χ3n) is 9.19. The fourth-order valence-corrected chi connectivity index (χ4v) is 6.64. The first kappa shape index (κ1) is 30.2. The van der Waals surface area contributed by atoms with E-state index in [0.717, 1.165) is 89.4 Å². The second-order valence-electron chi connectivity index (χ2n) is 12.4. The summed E-state index contributed by atoms with van der Waals surface area (Å²) >= 11 is 0. The number of rotatable bonds is 6. The lowest BCUT2D eigenvalue weighted by molar-refractivity contribution is 0.125. The Bertz CT molecular complexity index is 2370. The molecule has 1 aliphatic heterocycles. The summed E-state index contributed by atoms with van der Waals surface area (Å²) in [6.07, 6.45) is 14.8. The van der Waals surface area contributed by atoms with Crippen molar-refractivity contribution in [3.8, 4) is 89.4 Å². The highest BCUT2D eigenvalue weighted by atomic mass is 16.7. The average molecular weight is 659 g/mol. The van der Waals surface area contributed by atoms with Crippen LogP contribution in [0.25, 0.3) is 77.9 Å². The van der Waals surface area contributed by atoms with Crippen LogP contribution in [0.5, 0.6) is 11.5 Å². The molecule has 0 aliphatic carbocycles. The first-order chi connectivity index (χ1) is 25.2. The molecule has 0 spiro atoms. The number of aromatic nitrogens is 4. The molecule has 51 heavy (non-hydrogen) atoms. The summed E-state index contributed by atoms with van der Waals surface area (Å²) in [7, 11) is 0. The normalized spacial score (nSPS) is 11.8. The number of nitrogens with zero attached hydrogens (tertiary/aromatic N) is 4. The topological polar surface area (TPSA) is 70.0 Å². The molecule has 6 heteroatoms. The van der Waals surface area contributed by atoms with Crippen molar-refractivity contribution in [2.24, 2.45) is 0 Å². The van der Waals surface area contributed by atoms with Crippen molar-refractivity contribution in [1.82, 2.24) is 19.9 Å². The summed E-state index contributed by atoms with van der Waals surface area (Å²) in [6, 6.07) is 42.1. The van der Waals surface area contributed by atoms with Crippen LogP contribution < -0.4 is 9.47 Å². The van der Waals surface area contributed by atoms with Crippen molar-refractivity contribution in [3.63, 3.8) is 0 Å². The van der Waals surface area contributed by atoms with Crippen LogP contribution >= 0.6 is 0 Å². The molecule has 0 fully saturated rings. The zero-order valence-corrected chi connectivity index (χ0v) is 27.5. The second kappa shape index (κ2) is 13.2. The predicted octanol–water partition coefficient (Wildman–Crippen LogP) is 10.7. The van der Waals surface area contributed by atoms with Crippen LogP contribution in [-0.2, 0) is 0 Å². The minimum absolute atomic E-state index is 0.112. The standard InChI is InChI=1S/C45H30N4O2/c1-5-32(25-46-13-1)38-17-36(18-39(21-38)33-6-2-14-47-26-33)30-10-12-44-43(23-30)42-11-9-31(24-45(42)51-29-50-44)37-19-40(34-7-3-15-48-27-34)22-41(20-37)35-8-4-16-49-28-35/h1-28H,29H2. The van der Waals surface area contributed by atoms with Gasteiger partial charge in [0, 0.05) is 83.0 Å². The van der Waals surface area contributed by atoms with Gasteiger partial charge < -0.3 is 9.47 Å². The van der Waals surface area contributed by atoms with Crippen LogP contribution in [0, 0.1) is 0 Å². The van der Waals surface area contributed by atoms with Crippen molar-refractivity contribution in [2.75, 3.05) is 6.79 Å². The summed E-state index contributed by atoms with van der Waals surface area (Å²) in [5.41, 5.74) is 14.7. The van der Waals surface area contributed by atoms with E-state index in [4.69, 9.17) is 9.47 Å². The molecule has 8 aromatic rings. The van der Waals surface area contributed by atoms with E-state index >= 15 is 0 Å². The maximum atomic E-state index is 6.27. The minimum Gasteiger partial charge on any atom is -0.457 e. The quantitative estimate of drug-likeness (QED) is 0.177. The van der Waals surface area contributed by atoms with Gasteiger partial charge in [0.2, 0.25) is 6.79 Å². The molecule has 0 radical (unpaired) electrons. The van der Waals surface area contributed by atoms with Crippen molar-refractivity contribution >= 4 is 0 Å². The summed E-state index contributed by atoms with van der Waals surface area (Å²) in [4.78, 5) is 17.5. The highest BCUT2D eigenvalue weighted by Crippen LogP contribution is 2.44. The smallest absolute Gasteiger partial charge is 0.230 e. The highest BCUT2D eigenvalue weighted by Gasteiger charge is 2.20.